The molecule has 1 aliphatic heterocycles. The standard InChI is InChI=1S/C23H19F4N7O2/c1-33-8-14(9-33)21(35)28-15-4-2-3-12(5-15)19-11-34(32-29-19)10-16-17(24)6-13(7-18(16)25)22-30-31-23(36-22)20(26)27/h2-7,11,14,20H,8-10H2,1H3,(H,28,35). The maximum absolute atomic E-state index is 14.7. The Morgan fingerprint density at radius 1 is 1.11 bits per heavy atom. The van der Waals surface area contributed by atoms with E-state index >= 15 is 0 Å². The van der Waals surface area contributed by atoms with Crippen molar-refractivity contribution in [2.24, 2.45) is 5.92 Å². The first kappa shape index (κ1) is 23.6. The highest BCUT2D eigenvalue weighted by molar-refractivity contribution is 5.94. The van der Waals surface area contributed by atoms with E-state index in [0.717, 1.165) is 12.1 Å². The van der Waals surface area contributed by atoms with Crippen LogP contribution < -0.4 is 5.32 Å². The lowest BCUT2D eigenvalue weighted by atomic mass is 10.00. The SMILES string of the molecule is CN1CC(C(=O)Nc2cccc(-c3cn(Cc4c(F)cc(-c5nnc(C(F)F)o5)cc4F)nn3)c2)C1. The van der Waals surface area contributed by atoms with Crippen molar-refractivity contribution in [1.29, 1.82) is 0 Å². The van der Waals surface area contributed by atoms with Crippen molar-refractivity contribution >= 4 is 11.6 Å². The van der Waals surface area contributed by atoms with Crippen LogP contribution in [0.2, 0.25) is 0 Å². The lowest BCUT2D eigenvalue weighted by Gasteiger charge is -2.34. The predicted octanol–water partition coefficient (Wildman–Crippen LogP) is 3.76. The van der Waals surface area contributed by atoms with Gasteiger partial charge in [-0.2, -0.15) is 8.78 Å². The molecule has 0 atom stereocenters. The molecule has 1 fully saturated rings. The maximum Gasteiger partial charge on any atom is 0.314 e. The van der Waals surface area contributed by atoms with E-state index in [1.807, 2.05) is 11.9 Å². The number of rotatable bonds is 7. The molecule has 1 amide bonds. The topological polar surface area (TPSA) is 102 Å². The highest BCUT2D eigenvalue weighted by Gasteiger charge is 2.30. The molecule has 1 aliphatic rings. The predicted molar refractivity (Wildman–Crippen MR) is 119 cm³/mol. The summed E-state index contributed by atoms with van der Waals surface area (Å²) in [6.07, 6.45) is -1.48. The number of halogens is 4. The van der Waals surface area contributed by atoms with Gasteiger partial charge in [0.25, 0.3) is 5.89 Å². The van der Waals surface area contributed by atoms with Gasteiger partial charge in [0.15, 0.2) is 0 Å². The molecule has 0 bridgehead atoms. The lowest BCUT2D eigenvalue weighted by molar-refractivity contribution is -0.124. The van der Waals surface area contributed by atoms with Crippen LogP contribution in [-0.4, -0.2) is 56.1 Å². The minimum atomic E-state index is -3.00. The largest absolute Gasteiger partial charge is 0.415 e. The summed E-state index contributed by atoms with van der Waals surface area (Å²) in [7, 11) is 1.94. The number of alkyl halides is 2. The van der Waals surface area contributed by atoms with Crippen LogP contribution in [0, 0.1) is 17.6 Å². The zero-order chi connectivity index (χ0) is 25.4. The summed E-state index contributed by atoms with van der Waals surface area (Å²) in [6, 6.07) is 8.87. The Bertz CT molecular complexity index is 1390. The first-order chi connectivity index (χ1) is 17.3. The Morgan fingerprint density at radius 3 is 2.53 bits per heavy atom. The molecule has 0 unspecified atom stereocenters. The smallest absolute Gasteiger partial charge is 0.314 e. The molecule has 3 heterocycles. The number of anilines is 1. The van der Waals surface area contributed by atoms with Crippen molar-refractivity contribution in [3.05, 3.63) is 65.7 Å². The van der Waals surface area contributed by atoms with Crippen molar-refractivity contribution < 1.29 is 26.8 Å². The third kappa shape index (κ3) is 4.82. The number of benzene rings is 2. The molecule has 0 aliphatic carbocycles. The van der Waals surface area contributed by atoms with E-state index in [2.05, 4.69) is 25.8 Å². The van der Waals surface area contributed by atoms with Crippen LogP contribution in [0.4, 0.5) is 23.2 Å². The van der Waals surface area contributed by atoms with Crippen molar-refractivity contribution in [2.45, 2.75) is 13.0 Å². The first-order valence-corrected chi connectivity index (χ1v) is 10.9. The number of nitrogens with zero attached hydrogens (tertiary/aromatic N) is 6. The van der Waals surface area contributed by atoms with Gasteiger partial charge in [0.2, 0.25) is 11.8 Å². The number of nitrogens with one attached hydrogen (secondary N) is 1. The van der Waals surface area contributed by atoms with Crippen LogP contribution >= 0.6 is 0 Å². The summed E-state index contributed by atoms with van der Waals surface area (Å²) in [5.41, 5.74) is 1.23. The van der Waals surface area contributed by atoms with Crippen molar-refractivity contribution in [2.75, 3.05) is 25.5 Å². The van der Waals surface area contributed by atoms with Gasteiger partial charge in [-0.25, -0.2) is 13.5 Å². The average molecular weight is 501 g/mol. The number of aromatic nitrogens is 5. The third-order valence-corrected chi connectivity index (χ3v) is 5.73. The van der Waals surface area contributed by atoms with Gasteiger partial charge in [-0.15, -0.1) is 15.3 Å². The van der Waals surface area contributed by atoms with Crippen LogP contribution in [0.25, 0.3) is 22.7 Å². The minimum Gasteiger partial charge on any atom is -0.415 e. The number of carbonyl (C=O) groups is 1. The molecule has 4 aromatic rings. The van der Waals surface area contributed by atoms with Crippen molar-refractivity contribution in [3.63, 3.8) is 0 Å². The van der Waals surface area contributed by atoms with Gasteiger partial charge < -0.3 is 14.6 Å². The van der Waals surface area contributed by atoms with Crippen LogP contribution in [0.3, 0.4) is 0 Å². The van der Waals surface area contributed by atoms with E-state index < -0.39 is 29.8 Å². The van der Waals surface area contributed by atoms with E-state index in [4.69, 9.17) is 4.42 Å². The molecule has 1 N–H and O–H groups in total. The summed E-state index contributed by atoms with van der Waals surface area (Å²) < 4.78 is 60.7. The summed E-state index contributed by atoms with van der Waals surface area (Å²) in [4.78, 5) is 14.4. The van der Waals surface area contributed by atoms with Gasteiger partial charge in [0.05, 0.1) is 18.7 Å². The number of hydrogen-bond acceptors (Lipinski definition) is 7. The second kappa shape index (κ2) is 9.49. The van der Waals surface area contributed by atoms with Crippen LogP contribution in [0.15, 0.2) is 47.0 Å². The minimum absolute atomic E-state index is 0.0538. The second-order valence-corrected chi connectivity index (χ2v) is 8.45. The summed E-state index contributed by atoms with van der Waals surface area (Å²) in [5, 5.41) is 17.4. The number of carbonyl (C=O) groups excluding carboxylic acids is 1. The van der Waals surface area contributed by atoms with E-state index in [-0.39, 0.29) is 29.5 Å². The normalized spacial score (nSPS) is 14.3. The Morgan fingerprint density at radius 2 is 1.86 bits per heavy atom. The first-order valence-electron chi connectivity index (χ1n) is 10.9. The maximum atomic E-state index is 14.7. The zero-order valence-electron chi connectivity index (χ0n) is 18.8. The Balaban J connectivity index is 1.31. The molecule has 2 aromatic heterocycles. The molecular weight excluding hydrogens is 482 g/mol. The summed E-state index contributed by atoms with van der Waals surface area (Å²) in [6.45, 7) is 1.14. The van der Waals surface area contributed by atoms with E-state index in [1.165, 1.54) is 10.9 Å². The van der Waals surface area contributed by atoms with Gasteiger partial charge in [0.1, 0.15) is 17.3 Å². The molecular formula is C23H19F4N7O2. The highest BCUT2D eigenvalue weighted by atomic mass is 19.3. The highest BCUT2D eigenvalue weighted by Crippen LogP contribution is 2.27. The fourth-order valence-electron chi connectivity index (χ4n) is 3.85. The number of likely N-dealkylation sites (tertiary alicyclic amines) is 1. The van der Waals surface area contributed by atoms with E-state index in [9.17, 15) is 22.4 Å². The summed E-state index contributed by atoms with van der Waals surface area (Å²) in [5.74, 6) is -3.36. The molecule has 1 saturated heterocycles. The molecule has 0 spiro atoms. The van der Waals surface area contributed by atoms with Gasteiger partial charge in [-0.3, -0.25) is 4.79 Å². The van der Waals surface area contributed by atoms with Crippen LogP contribution in [0.1, 0.15) is 17.9 Å². The number of hydrogen-bond donors (Lipinski definition) is 1. The van der Waals surface area contributed by atoms with Gasteiger partial charge in [0, 0.05) is 35.5 Å². The van der Waals surface area contributed by atoms with Gasteiger partial charge in [-0.1, -0.05) is 17.3 Å². The lowest BCUT2D eigenvalue weighted by Crippen LogP contribution is -2.49. The fourth-order valence-corrected chi connectivity index (χ4v) is 3.85. The molecule has 0 saturated carbocycles. The average Bonchev–Trinajstić information content (AvgIpc) is 3.50. The molecule has 5 rings (SSSR count). The molecule has 9 nitrogen and oxygen atoms in total. The Kier molecular flexibility index (Phi) is 6.22. The molecule has 0 radical (unpaired) electrons. The van der Waals surface area contributed by atoms with Crippen LogP contribution in [-0.2, 0) is 11.3 Å². The quantitative estimate of drug-likeness (QED) is 0.385. The molecule has 36 heavy (non-hydrogen) atoms. The fraction of sp³-hybridized carbons (Fsp3) is 0.261. The second-order valence-electron chi connectivity index (χ2n) is 8.45. The zero-order valence-corrected chi connectivity index (χ0v) is 18.8. The van der Waals surface area contributed by atoms with E-state index in [0.29, 0.717) is 30.0 Å². The Labute approximate surface area is 201 Å². The van der Waals surface area contributed by atoms with Crippen molar-refractivity contribution in [3.8, 4) is 22.7 Å². The summed E-state index contributed by atoms with van der Waals surface area (Å²) >= 11 is 0. The monoisotopic (exact) mass is 501 g/mol. The van der Waals surface area contributed by atoms with Crippen LogP contribution in [0.5, 0.6) is 0 Å². The van der Waals surface area contributed by atoms with Gasteiger partial charge in [-0.05, 0) is 31.3 Å². The third-order valence-electron chi connectivity index (χ3n) is 5.73. The Hall–Kier alpha value is -4.13. The van der Waals surface area contributed by atoms with Crippen molar-refractivity contribution in [1.82, 2.24) is 30.1 Å². The van der Waals surface area contributed by atoms with E-state index in [1.54, 1.807) is 24.3 Å². The molecule has 2 aromatic carbocycles. The molecule has 186 valence electrons. The van der Waals surface area contributed by atoms with Gasteiger partial charge >= 0.3 is 6.43 Å². The molecule has 13 heteroatoms. The number of amides is 1.